The van der Waals surface area contributed by atoms with E-state index in [1.807, 2.05) is 38.1 Å². The van der Waals surface area contributed by atoms with E-state index >= 15 is 0 Å². The van der Waals surface area contributed by atoms with Gasteiger partial charge in [0.05, 0.1) is 0 Å². The van der Waals surface area contributed by atoms with Gasteiger partial charge in [0.1, 0.15) is 6.54 Å². The number of hydrogen-bond donors (Lipinski definition) is 1. The first-order chi connectivity index (χ1) is 12.8. The van der Waals surface area contributed by atoms with Crippen LogP contribution in [0.4, 0.5) is 0 Å². The Morgan fingerprint density at radius 2 is 1.81 bits per heavy atom. The molecule has 1 aromatic heterocycles. The molecular formula is C20H27N3O4. The van der Waals surface area contributed by atoms with Gasteiger partial charge in [0.15, 0.2) is 0 Å². The topological polar surface area (TPSA) is 96.5 Å². The summed E-state index contributed by atoms with van der Waals surface area (Å²) < 4.78 is 5.24. The third-order valence-corrected chi connectivity index (χ3v) is 4.12. The summed E-state index contributed by atoms with van der Waals surface area (Å²) in [6, 6.07) is 7.98. The van der Waals surface area contributed by atoms with Gasteiger partial charge in [-0.1, -0.05) is 57.1 Å². The normalized spacial score (nSPS) is 11.2. The quantitative estimate of drug-likeness (QED) is 0.724. The van der Waals surface area contributed by atoms with Gasteiger partial charge >= 0.3 is 5.97 Å². The van der Waals surface area contributed by atoms with Crippen molar-refractivity contribution < 1.29 is 19.2 Å². The zero-order valence-electron chi connectivity index (χ0n) is 16.3. The number of rotatable bonds is 9. The van der Waals surface area contributed by atoms with Gasteiger partial charge in [-0.25, -0.2) is 0 Å². The highest BCUT2D eigenvalue weighted by molar-refractivity contribution is 5.81. The maximum absolute atomic E-state index is 12.3. The first kappa shape index (κ1) is 20.6. The van der Waals surface area contributed by atoms with Crippen LogP contribution in [0.25, 0.3) is 11.4 Å². The average Bonchev–Trinajstić information content (AvgIpc) is 3.07. The lowest BCUT2D eigenvalue weighted by Crippen LogP contribution is -2.38. The molecule has 1 amide bonds. The molecular weight excluding hydrogens is 346 g/mol. The minimum absolute atomic E-state index is 0.133. The third kappa shape index (κ3) is 6.20. The fourth-order valence-electron chi connectivity index (χ4n) is 2.72. The molecule has 2 aromatic rings. The molecule has 0 aliphatic heterocycles. The first-order valence-corrected chi connectivity index (χ1v) is 9.18. The van der Waals surface area contributed by atoms with Crippen molar-refractivity contribution in [2.24, 2.45) is 5.92 Å². The molecule has 0 saturated carbocycles. The van der Waals surface area contributed by atoms with Crippen LogP contribution in [0.3, 0.4) is 0 Å². The van der Waals surface area contributed by atoms with Crippen molar-refractivity contribution in [2.75, 3.05) is 13.1 Å². The second-order valence-electron chi connectivity index (χ2n) is 7.35. The first-order valence-electron chi connectivity index (χ1n) is 9.18. The Balaban J connectivity index is 1.98. The van der Waals surface area contributed by atoms with Gasteiger partial charge in [0.2, 0.25) is 17.6 Å². The molecule has 7 nitrogen and oxygen atoms in total. The number of carboxylic acid groups (broad SMARTS) is 1. The van der Waals surface area contributed by atoms with Crippen LogP contribution in [-0.2, 0) is 16.0 Å². The number of carbonyl (C=O) groups excluding carboxylic acids is 1. The van der Waals surface area contributed by atoms with E-state index < -0.39 is 5.97 Å². The van der Waals surface area contributed by atoms with E-state index in [2.05, 4.69) is 24.0 Å². The van der Waals surface area contributed by atoms with Crippen molar-refractivity contribution in [3.63, 3.8) is 0 Å². The van der Waals surface area contributed by atoms with Gasteiger partial charge in [-0.3, -0.25) is 9.59 Å². The van der Waals surface area contributed by atoms with Crippen LogP contribution in [0.15, 0.2) is 28.8 Å². The molecule has 0 bridgehead atoms. The summed E-state index contributed by atoms with van der Waals surface area (Å²) in [4.78, 5) is 29.0. The molecule has 0 aliphatic carbocycles. The smallest absolute Gasteiger partial charge is 0.323 e. The highest BCUT2D eigenvalue weighted by atomic mass is 16.5. The molecule has 0 unspecified atom stereocenters. The van der Waals surface area contributed by atoms with Crippen LogP contribution in [-0.4, -0.2) is 45.1 Å². The Morgan fingerprint density at radius 1 is 1.15 bits per heavy atom. The summed E-state index contributed by atoms with van der Waals surface area (Å²) in [7, 11) is 0. The monoisotopic (exact) mass is 373 g/mol. The fraction of sp³-hybridized carbons (Fsp3) is 0.500. The summed E-state index contributed by atoms with van der Waals surface area (Å²) in [6.45, 7) is 8.25. The minimum atomic E-state index is -1.02. The Morgan fingerprint density at radius 3 is 2.37 bits per heavy atom. The second kappa shape index (κ2) is 9.30. The van der Waals surface area contributed by atoms with E-state index in [9.17, 15) is 9.59 Å². The van der Waals surface area contributed by atoms with Crippen molar-refractivity contribution in [1.82, 2.24) is 15.0 Å². The molecule has 0 radical (unpaired) electrons. The Labute approximate surface area is 159 Å². The molecule has 1 heterocycles. The molecule has 0 spiro atoms. The third-order valence-electron chi connectivity index (χ3n) is 4.12. The lowest BCUT2D eigenvalue weighted by atomic mass is 10.0. The maximum atomic E-state index is 12.3. The highest BCUT2D eigenvalue weighted by Crippen LogP contribution is 2.20. The van der Waals surface area contributed by atoms with E-state index in [0.717, 1.165) is 5.56 Å². The highest BCUT2D eigenvalue weighted by Gasteiger charge is 2.19. The summed E-state index contributed by atoms with van der Waals surface area (Å²) in [5.74, 6) is 0.243. The van der Waals surface area contributed by atoms with Crippen LogP contribution in [0.1, 0.15) is 51.5 Å². The van der Waals surface area contributed by atoms with Crippen LogP contribution in [0.5, 0.6) is 0 Å². The molecule has 27 heavy (non-hydrogen) atoms. The second-order valence-corrected chi connectivity index (χ2v) is 7.35. The summed E-state index contributed by atoms with van der Waals surface area (Å²) >= 11 is 0. The van der Waals surface area contributed by atoms with Gasteiger partial charge in [0.25, 0.3) is 0 Å². The Hall–Kier alpha value is -2.70. The molecule has 0 saturated heterocycles. The van der Waals surface area contributed by atoms with Crippen LogP contribution < -0.4 is 0 Å². The predicted octanol–water partition coefficient (Wildman–Crippen LogP) is 3.36. The van der Waals surface area contributed by atoms with E-state index in [4.69, 9.17) is 9.63 Å². The van der Waals surface area contributed by atoms with E-state index in [0.29, 0.717) is 24.2 Å². The number of aromatic nitrogens is 2. The van der Waals surface area contributed by atoms with Crippen LogP contribution in [0.2, 0.25) is 0 Å². The summed E-state index contributed by atoms with van der Waals surface area (Å²) in [5.41, 5.74) is 2.09. The number of carbonyl (C=O) groups is 2. The lowest BCUT2D eigenvalue weighted by molar-refractivity contribution is -0.144. The van der Waals surface area contributed by atoms with Gasteiger partial charge in [0, 0.05) is 24.9 Å². The van der Waals surface area contributed by atoms with Crippen molar-refractivity contribution in [3.05, 3.63) is 35.7 Å². The molecule has 146 valence electrons. The van der Waals surface area contributed by atoms with Crippen LogP contribution >= 0.6 is 0 Å². The number of aryl methyl sites for hydroxylation is 1. The number of carboxylic acids is 1. The van der Waals surface area contributed by atoms with Crippen molar-refractivity contribution in [3.8, 4) is 11.4 Å². The number of hydrogen-bond acceptors (Lipinski definition) is 5. The molecule has 1 N–H and O–H groups in total. The van der Waals surface area contributed by atoms with E-state index in [1.165, 1.54) is 10.5 Å². The van der Waals surface area contributed by atoms with Crippen molar-refractivity contribution in [2.45, 2.75) is 46.5 Å². The van der Waals surface area contributed by atoms with Crippen molar-refractivity contribution in [1.29, 1.82) is 0 Å². The standard InChI is InChI=1S/C20H27N3O4/c1-13(2)11-23(12-19(25)26)18(24)10-9-17-21-20(22-27-17)16-7-5-15(6-8-16)14(3)4/h5-8,13-14H,9-12H2,1-4H3,(H,25,26). The Kier molecular flexibility index (Phi) is 7.10. The molecule has 0 fully saturated rings. The molecule has 2 rings (SSSR count). The van der Waals surface area contributed by atoms with Gasteiger partial charge in [-0.05, 0) is 17.4 Å². The molecule has 0 atom stereocenters. The zero-order chi connectivity index (χ0) is 20.0. The number of amides is 1. The van der Waals surface area contributed by atoms with E-state index in [-0.39, 0.29) is 31.2 Å². The SMILES string of the molecule is CC(C)CN(CC(=O)O)C(=O)CCc1nc(-c2ccc(C(C)C)cc2)no1. The van der Waals surface area contributed by atoms with Crippen molar-refractivity contribution >= 4 is 11.9 Å². The van der Waals surface area contributed by atoms with Crippen LogP contribution in [0, 0.1) is 5.92 Å². The van der Waals surface area contributed by atoms with Gasteiger partial charge in [-0.15, -0.1) is 0 Å². The van der Waals surface area contributed by atoms with E-state index in [1.54, 1.807) is 0 Å². The number of benzene rings is 1. The minimum Gasteiger partial charge on any atom is -0.480 e. The summed E-state index contributed by atoms with van der Waals surface area (Å²) in [5, 5.41) is 13.0. The fourth-order valence-corrected chi connectivity index (χ4v) is 2.72. The molecule has 7 heteroatoms. The summed E-state index contributed by atoms with van der Waals surface area (Å²) in [6.07, 6.45) is 0.415. The largest absolute Gasteiger partial charge is 0.480 e. The average molecular weight is 373 g/mol. The number of nitrogens with zero attached hydrogens (tertiary/aromatic N) is 3. The Bertz CT molecular complexity index is 766. The number of aliphatic carboxylic acids is 1. The maximum Gasteiger partial charge on any atom is 0.323 e. The van der Waals surface area contributed by atoms with Gasteiger partial charge in [-0.2, -0.15) is 4.98 Å². The molecule has 0 aliphatic rings. The van der Waals surface area contributed by atoms with Gasteiger partial charge < -0.3 is 14.5 Å². The molecule has 1 aromatic carbocycles. The zero-order valence-corrected chi connectivity index (χ0v) is 16.3. The lowest BCUT2D eigenvalue weighted by Gasteiger charge is -2.22. The predicted molar refractivity (Wildman–Crippen MR) is 101 cm³/mol.